The van der Waals surface area contributed by atoms with Gasteiger partial charge in [0.15, 0.2) is 0 Å². The zero-order valence-electron chi connectivity index (χ0n) is 11.0. The summed E-state index contributed by atoms with van der Waals surface area (Å²) in [7, 11) is -0.933. The number of rotatable bonds is 3. The number of fused-ring (bicyclic) bond motifs is 2. The Hall–Kier alpha value is -0.130. The van der Waals surface area contributed by atoms with Crippen LogP contribution in [0.15, 0.2) is 0 Å². The zero-order valence-corrected chi connectivity index (χ0v) is 11.8. The number of nitrogens with one attached hydrogen (secondary N) is 1. The first-order valence-corrected chi connectivity index (χ1v) is 8.18. The van der Waals surface area contributed by atoms with Gasteiger partial charge in [0.2, 0.25) is 10.0 Å². The third kappa shape index (κ3) is 2.83. The van der Waals surface area contributed by atoms with E-state index >= 15 is 0 Å². The first kappa shape index (κ1) is 13.3. The van der Waals surface area contributed by atoms with Gasteiger partial charge in [-0.3, -0.25) is 0 Å². The van der Waals surface area contributed by atoms with Gasteiger partial charge in [-0.05, 0) is 46.6 Å². The Labute approximate surface area is 105 Å². The largest absolute Gasteiger partial charge is 0.300 e. The van der Waals surface area contributed by atoms with Gasteiger partial charge in [-0.1, -0.05) is 6.42 Å². The molecule has 4 nitrogen and oxygen atoms in total. The SMILES string of the molecule is CC(C)S(=O)(=O)NC1CC2CCCC(C1)N2C. The van der Waals surface area contributed by atoms with E-state index in [0.29, 0.717) is 12.1 Å². The van der Waals surface area contributed by atoms with Gasteiger partial charge < -0.3 is 4.90 Å². The van der Waals surface area contributed by atoms with Gasteiger partial charge in [-0.15, -0.1) is 0 Å². The van der Waals surface area contributed by atoms with Crippen molar-refractivity contribution in [1.82, 2.24) is 9.62 Å². The molecule has 2 aliphatic rings. The molecule has 2 aliphatic heterocycles. The van der Waals surface area contributed by atoms with Crippen LogP contribution in [0.25, 0.3) is 0 Å². The van der Waals surface area contributed by atoms with Crippen molar-refractivity contribution >= 4 is 10.0 Å². The Morgan fingerprint density at radius 2 is 1.71 bits per heavy atom. The van der Waals surface area contributed by atoms with Crippen LogP contribution in [0.1, 0.15) is 46.0 Å². The highest BCUT2D eigenvalue weighted by atomic mass is 32.2. The highest BCUT2D eigenvalue weighted by Gasteiger charge is 2.37. The maximum Gasteiger partial charge on any atom is 0.214 e. The molecule has 0 aromatic carbocycles. The van der Waals surface area contributed by atoms with Crippen LogP contribution in [0, 0.1) is 0 Å². The van der Waals surface area contributed by atoms with Gasteiger partial charge in [0, 0.05) is 18.1 Å². The summed E-state index contributed by atoms with van der Waals surface area (Å²) in [4.78, 5) is 2.45. The summed E-state index contributed by atoms with van der Waals surface area (Å²) in [5, 5.41) is -0.331. The lowest BCUT2D eigenvalue weighted by atomic mass is 9.83. The normalized spacial score (nSPS) is 35.2. The van der Waals surface area contributed by atoms with E-state index in [1.807, 2.05) is 0 Å². The molecule has 2 unspecified atom stereocenters. The van der Waals surface area contributed by atoms with E-state index in [9.17, 15) is 8.42 Å². The lowest BCUT2D eigenvalue weighted by Crippen LogP contribution is -2.55. The minimum atomic E-state index is -3.11. The maximum atomic E-state index is 11.9. The molecule has 0 aromatic heterocycles. The van der Waals surface area contributed by atoms with Crippen LogP contribution in [0.3, 0.4) is 0 Å². The monoisotopic (exact) mass is 260 g/mol. The van der Waals surface area contributed by atoms with Crippen LogP contribution in [-0.2, 0) is 10.0 Å². The van der Waals surface area contributed by atoms with Gasteiger partial charge in [0.05, 0.1) is 5.25 Å². The quantitative estimate of drug-likeness (QED) is 0.833. The van der Waals surface area contributed by atoms with Crippen molar-refractivity contribution in [2.24, 2.45) is 0 Å². The summed E-state index contributed by atoms with van der Waals surface area (Å²) in [5.74, 6) is 0. The first-order valence-electron chi connectivity index (χ1n) is 6.63. The highest BCUT2D eigenvalue weighted by Crippen LogP contribution is 2.32. The minimum absolute atomic E-state index is 0.147. The Morgan fingerprint density at radius 3 is 2.18 bits per heavy atom. The summed E-state index contributed by atoms with van der Waals surface area (Å²) < 4.78 is 26.6. The molecule has 2 fully saturated rings. The standard InChI is InChI=1S/C12H24N2O2S/c1-9(2)17(15,16)13-10-7-11-5-4-6-12(8-10)14(11)3/h9-13H,4-8H2,1-3H3. The fraction of sp³-hybridized carbons (Fsp3) is 1.00. The van der Waals surface area contributed by atoms with E-state index in [1.165, 1.54) is 19.3 Å². The van der Waals surface area contributed by atoms with Crippen LogP contribution < -0.4 is 4.72 Å². The van der Waals surface area contributed by atoms with Crippen molar-refractivity contribution < 1.29 is 8.42 Å². The molecule has 0 aliphatic carbocycles. The van der Waals surface area contributed by atoms with Gasteiger partial charge in [0.1, 0.15) is 0 Å². The van der Waals surface area contributed by atoms with Crippen molar-refractivity contribution in [1.29, 1.82) is 0 Å². The number of nitrogens with zero attached hydrogens (tertiary/aromatic N) is 1. The van der Waals surface area contributed by atoms with Crippen LogP contribution in [0.5, 0.6) is 0 Å². The molecule has 2 atom stereocenters. The molecule has 2 bridgehead atoms. The van der Waals surface area contributed by atoms with E-state index in [0.717, 1.165) is 12.8 Å². The molecule has 17 heavy (non-hydrogen) atoms. The van der Waals surface area contributed by atoms with Gasteiger partial charge in [0.25, 0.3) is 0 Å². The molecule has 2 rings (SSSR count). The van der Waals surface area contributed by atoms with Crippen molar-refractivity contribution in [3.05, 3.63) is 0 Å². The van der Waals surface area contributed by atoms with Gasteiger partial charge >= 0.3 is 0 Å². The predicted octanol–water partition coefficient (Wildman–Crippen LogP) is 1.33. The molecule has 2 heterocycles. The van der Waals surface area contributed by atoms with Crippen LogP contribution in [0.4, 0.5) is 0 Å². The molecule has 0 aromatic rings. The number of piperidine rings is 2. The van der Waals surface area contributed by atoms with E-state index in [4.69, 9.17) is 0 Å². The van der Waals surface area contributed by atoms with Gasteiger partial charge in [-0.2, -0.15) is 0 Å². The fourth-order valence-electron chi connectivity index (χ4n) is 3.08. The summed E-state index contributed by atoms with van der Waals surface area (Å²) in [6, 6.07) is 1.29. The highest BCUT2D eigenvalue weighted by molar-refractivity contribution is 7.90. The topological polar surface area (TPSA) is 49.4 Å². The van der Waals surface area contributed by atoms with Gasteiger partial charge in [-0.25, -0.2) is 13.1 Å². The molecule has 1 N–H and O–H groups in total. The average molecular weight is 260 g/mol. The second kappa shape index (κ2) is 4.86. The molecule has 0 saturated carbocycles. The average Bonchev–Trinajstić information content (AvgIpc) is 2.19. The van der Waals surface area contributed by atoms with Crippen molar-refractivity contribution in [2.45, 2.75) is 69.3 Å². The predicted molar refractivity (Wildman–Crippen MR) is 69.4 cm³/mol. The lowest BCUT2D eigenvalue weighted by Gasteiger charge is -2.47. The number of hydrogen-bond donors (Lipinski definition) is 1. The Balaban J connectivity index is 2.01. The molecular formula is C12H24N2O2S. The molecule has 0 radical (unpaired) electrons. The van der Waals surface area contributed by atoms with Crippen molar-refractivity contribution in [3.8, 4) is 0 Å². The second-order valence-electron chi connectivity index (χ2n) is 5.78. The lowest BCUT2D eigenvalue weighted by molar-refractivity contribution is 0.0535. The third-order valence-corrected chi connectivity index (χ3v) is 6.19. The second-order valence-corrected chi connectivity index (χ2v) is 8.05. The maximum absolute atomic E-state index is 11.9. The van der Waals surface area contributed by atoms with Crippen LogP contribution in [-0.4, -0.2) is 43.7 Å². The Morgan fingerprint density at radius 1 is 1.18 bits per heavy atom. The van der Waals surface area contributed by atoms with E-state index in [2.05, 4.69) is 16.7 Å². The van der Waals surface area contributed by atoms with Crippen LogP contribution in [0.2, 0.25) is 0 Å². The fourth-order valence-corrected chi connectivity index (χ4v) is 4.01. The molecule has 2 saturated heterocycles. The number of hydrogen-bond acceptors (Lipinski definition) is 3. The molecular weight excluding hydrogens is 236 g/mol. The third-order valence-electron chi connectivity index (χ3n) is 4.29. The van der Waals surface area contributed by atoms with E-state index in [-0.39, 0.29) is 11.3 Å². The van der Waals surface area contributed by atoms with E-state index < -0.39 is 10.0 Å². The zero-order chi connectivity index (χ0) is 12.6. The number of sulfonamides is 1. The Kier molecular flexibility index (Phi) is 3.80. The van der Waals surface area contributed by atoms with E-state index in [1.54, 1.807) is 13.8 Å². The molecule has 0 spiro atoms. The van der Waals surface area contributed by atoms with Crippen molar-refractivity contribution in [3.63, 3.8) is 0 Å². The van der Waals surface area contributed by atoms with Crippen LogP contribution >= 0.6 is 0 Å². The van der Waals surface area contributed by atoms with Crippen molar-refractivity contribution in [2.75, 3.05) is 7.05 Å². The Bertz CT molecular complexity index is 353. The summed E-state index contributed by atoms with van der Waals surface area (Å²) >= 11 is 0. The summed E-state index contributed by atoms with van der Waals surface area (Å²) in [6.45, 7) is 3.47. The summed E-state index contributed by atoms with van der Waals surface area (Å²) in [6.07, 6.45) is 5.67. The summed E-state index contributed by atoms with van der Waals surface area (Å²) in [5.41, 5.74) is 0. The molecule has 100 valence electrons. The minimum Gasteiger partial charge on any atom is -0.300 e. The first-order chi connectivity index (χ1) is 7.90. The molecule has 0 amide bonds. The smallest absolute Gasteiger partial charge is 0.214 e. The molecule has 5 heteroatoms.